The molecule has 0 aromatic heterocycles. The van der Waals surface area contributed by atoms with E-state index in [-0.39, 0.29) is 29.9 Å². The fourth-order valence-corrected chi connectivity index (χ4v) is 5.84. The zero-order valence-electron chi connectivity index (χ0n) is 23.9. The number of fused-ring (bicyclic) bond motifs is 3. The molecule has 3 aromatic rings. The van der Waals surface area contributed by atoms with Gasteiger partial charge in [-0.1, -0.05) is 18.2 Å². The van der Waals surface area contributed by atoms with E-state index in [4.69, 9.17) is 18.9 Å². The molecular weight excluding hydrogens is 629 g/mol. The van der Waals surface area contributed by atoms with Gasteiger partial charge < -0.3 is 23.7 Å². The number of carbonyl (C=O) groups is 6. The van der Waals surface area contributed by atoms with Gasteiger partial charge in [-0.3, -0.25) is 19.2 Å². The van der Waals surface area contributed by atoms with Crippen LogP contribution in [0.2, 0.25) is 0 Å². The Morgan fingerprint density at radius 2 is 1.38 bits per heavy atom. The van der Waals surface area contributed by atoms with E-state index < -0.39 is 71.6 Å². The second-order valence-corrected chi connectivity index (χ2v) is 10.8. The molecule has 0 bridgehead atoms. The summed E-state index contributed by atoms with van der Waals surface area (Å²) in [7, 11) is 0. The lowest BCUT2D eigenvalue weighted by Gasteiger charge is -2.32. The topological polar surface area (TPSA) is 149 Å². The highest BCUT2D eigenvalue weighted by atomic mass is 19.4. The maximum absolute atomic E-state index is 12.6. The molecule has 11 nitrogen and oxygen atoms in total. The third kappa shape index (κ3) is 6.76. The number of ether oxygens (including phenoxy) is 5. The smallest absolute Gasteiger partial charge is 0.423 e. The fourth-order valence-electron chi connectivity index (χ4n) is 5.84. The van der Waals surface area contributed by atoms with Crippen molar-refractivity contribution in [3.8, 4) is 17.2 Å². The van der Waals surface area contributed by atoms with E-state index in [1.807, 2.05) is 0 Å². The number of carbonyl (C=O) groups excluding carboxylic acids is 6. The van der Waals surface area contributed by atoms with Crippen molar-refractivity contribution >= 4 is 41.9 Å². The molecule has 1 aliphatic carbocycles. The number of rotatable bonds is 7. The molecule has 4 unspecified atom stereocenters. The van der Waals surface area contributed by atoms with Crippen LogP contribution in [-0.2, 0) is 33.4 Å². The van der Waals surface area contributed by atoms with E-state index >= 15 is 0 Å². The van der Waals surface area contributed by atoms with Crippen molar-refractivity contribution in [2.45, 2.75) is 31.0 Å². The van der Waals surface area contributed by atoms with Crippen LogP contribution in [0.5, 0.6) is 17.2 Å². The monoisotopic (exact) mass is 650 g/mol. The van der Waals surface area contributed by atoms with Crippen LogP contribution >= 0.6 is 0 Å². The molecule has 0 saturated carbocycles. The van der Waals surface area contributed by atoms with Gasteiger partial charge >= 0.3 is 42.2 Å². The van der Waals surface area contributed by atoms with Crippen LogP contribution in [0.25, 0.3) is 6.08 Å². The lowest BCUT2D eigenvalue weighted by molar-refractivity contribution is -0.274. The molecule has 240 valence electrons. The van der Waals surface area contributed by atoms with Gasteiger partial charge in [-0.2, -0.15) is 0 Å². The van der Waals surface area contributed by atoms with E-state index in [2.05, 4.69) is 4.74 Å². The molecule has 2 aliphatic heterocycles. The molecular formula is C33H21F3O11. The van der Waals surface area contributed by atoms with Gasteiger partial charge in [-0.15, -0.1) is 13.2 Å². The first-order valence-corrected chi connectivity index (χ1v) is 14.1. The molecule has 3 aliphatic rings. The van der Waals surface area contributed by atoms with Crippen LogP contribution in [-0.4, -0.2) is 42.2 Å². The second kappa shape index (κ2) is 12.2. The van der Waals surface area contributed by atoms with Crippen molar-refractivity contribution in [2.75, 3.05) is 0 Å². The number of hydrogen-bond acceptors (Lipinski definition) is 11. The largest absolute Gasteiger partial charge is 0.573 e. The van der Waals surface area contributed by atoms with E-state index in [1.165, 1.54) is 42.5 Å². The molecule has 0 spiro atoms. The Labute approximate surface area is 262 Å². The predicted octanol–water partition coefficient (Wildman–Crippen LogP) is 4.78. The third-order valence-electron chi connectivity index (χ3n) is 7.89. The van der Waals surface area contributed by atoms with Crippen molar-refractivity contribution in [2.24, 2.45) is 11.8 Å². The Hall–Kier alpha value is -5.79. The molecule has 6 rings (SSSR count). The van der Waals surface area contributed by atoms with Crippen LogP contribution in [0.3, 0.4) is 0 Å². The van der Waals surface area contributed by atoms with Gasteiger partial charge in [-0.25, -0.2) is 9.59 Å². The highest BCUT2D eigenvalue weighted by Gasteiger charge is 2.54. The van der Waals surface area contributed by atoms with E-state index in [9.17, 15) is 41.9 Å². The summed E-state index contributed by atoms with van der Waals surface area (Å²) in [6, 6.07) is 14.7. The summed E-state index contributed by atoms with van der Waals surface area (Å²) in [6.45, 7) is 0. The van der Waals surface area contributed by atoms with Gasteiger partial charge in [0.05, 0.1) is 29.7 Å². The van der Waals surface area contributed by atoms with Gasteiger partial charge in [0.25, 0.3) is 0 Å². The standard InChI is InChI=1S/C33H21F3O11/c34-33(35,36)47-19-8-4-17(5-9-19)29(39)44-18-6-1-16(2-7-18)3-12-26(37)43-20-10-11-21-22(24-15-27(38)45-30(24)40)14-25-28(23(21)13-20)32(42)46-31(25)41/h1-13,22,24-25,28H,14-15H2. The van der Waals surface area contributed by atoms with Crippen molar-refractivity contribution in [3.05, 3.63) is 95.1 Å². The summed E-state index contributed by atoms with van der Waals surface area (Å²) in [5.41, 5.74) is 1.43. The molecule has 0 N–H and O–H groups in total. The first-order valence-electron chi connectivity index (χ1n) is 14.1. The second-order valence-electron chi connectivity index (χ2n) is 10.8. The van der Waals surface area contributed by atoms with Crippen molar-refractivity contribution in [1.82, 2.24) is 0 Å². The number of benzene rings is 3. The molecule has 14 heteroatoms. The molecule has 3 aromatic carbocycles. The average molecular weight is 651 g/mol. The predicted molar refractivity (Wildman–Crippen MR) is 150 cm³/mol. The van der Waals surface area contributed by atoms with Crippen LogP contribution < -0.4 is 14.2 Å². The average Bonchev–Trinajstić information content (AvgIpc) is 3.51. The SMILES string of the molecule is O=C(C=Cc1ccc(OC(=O)c2ccc(OC(F)(F)F)cc2)cc1)Oc1ccc2c(c1)C1C(=O)OC(=O)C1CC2C1CC(=O)OC1=O. The van der Waals surface area contributed by atoms with Crippen LogP contribution in [0, 0.1) is 11.8 Å². The molecule has 0 amide bonds. The quantitative estimate of drug-likeness (QED) is 0.151. The summed E-state index contributed by atoms with van der Waals surface area (Å²) in [5.74, 6) is -7.98. The zero-order valence-corrected chi connectivity index (χ0v) is 23.9. The summed E-state index contributed by atoms with van der Waals surface area (Å²) >= 11 is 0. The fraction of sp³-hybridized carbons (Fsp3) is 0.212. The summed E-state index contributed by atoms with van der Waals surface area (Å²) in [6.07, 6.45) is -2.36. The van der Waals surface area contributed by atoms with Gasteiger partial charge in [0, 0.05) is 6.08 Å². The minimum Gasteiger partial charge on any atom is -0.423 e. The number of hydrogen-bond donors (Lipinski definition) is 0. The highest BCUT2D eigenvalue weighted by Crippen LogP contribution is 2.51. The number of esters is 6. The Bertz CT molecular complexity index is 1830. The minimum atomic E-state index is -4.86. The van der Waals surface area contributed by atoms with Gasteiger partial charge in [0.15, 0.2) is 0 Å². The third-order valence-corrected chi connectivity index (χ3v) is 7.89. The van der Waals surface area contributed by atoms with Gasteiger partial charge in [0.1, 0.15) is 17.2 Å². The van der Waals surface area contributed by atoms with Crippen molar-refractivity contribution in [3.63, 3.8) is 0 Å². The van der Waals surface area contributed by atoms with Crippen LogP contribution in [0.1, 0.15) is 51.7 Å². The number of halogens is 3. The number of alkyl halides is 3. The highest BCUT2D eigenvalue weighted by molar-refractivity contribution is 6.01. The van der Waals surface area contributed by atoms with Crippen LogP contribution in [0.4, 0.5) is 13.2 Å². The van der Waals surface area contributed by atoms with Crippen LogP contribution in [0.15, 0.2) is 72.8 Å². The van der Waals surface area contributed by atoms with E-state index in [1.54, 1.807) is 6.07 Å². The Morgan fingerprint density at radius 1 is 0.723 bits per heavy atom. The first-order chi connectivity index (χ1) is 22.3. The lowest BCUT2D eigenvalue weighted by atomic mass is 9.67. The normalized spacial score (nSPS) is 21.9. The molecule has 2 heterocycles. The Balaban J connectivity index is 1.10. The first kappa shape index (κ1) is 31.2. The molecule has 2 fully saturated rings. The molecule has 2 saturated heterocycles. The Kier molecular flexibility index (Phi) is 8.09. The molecule has 47 heavy (non-hydrogen) atoms. The molecule has 4 atom stereocenters. The van der Waals surface area contributed by atoms with Crippen molar-refractivity contribution < 1.29 is 65.6 Å². The van der Waals surface area contributed by atoms with E-state index in [0.717, 1.165) is 30.3 Å². The van der Waals surface area contributed by atoms with Gasteiger partial charge in [-0.05, 0) is 83.6 Å². The summed E-state index contributed by atoms with van der Waals surface area (Å²) in [5, 5.41) is 0. The Morgan fingerprint density at radius 3 is 2.04 bits per heavy atom. The van der Waals surface area contributed by atoms with Gasteiger partial charge in [0.2, 0.25) is 0 Å². The summed E-state index contributed by atoms with van der Waals surface area (Å²) in [4.78, 5) is 74.0. The minimum absolute atomic E-state index is 0.00738. The zero-order chi connectivity index (χ0) is 33.5. The maximum Gasteiger partial charge on any atom is 0.573 e. The maximum atomic E-state index is 12.6. The van der Waals surface area contributed by atoms with Crippen molar-refractivity contribution in [1.29, 1.82) is 0 Å². The number of cyclic esters (lactones) is 4. The van der Waals surface area contributed by atoms with E-state index in [0.29, 0.717) is 16.7 Å². The molecule has 0 radical (unpaired) electrons. The lowest BCUT2D eigenvalue weighted by Crippen LogP contribution is -2.31. The summed E-state index contributed by atoms with van der Waals surface area (Å²) < 4.78 is 61.0.